The highest BCUT2D eigenvalue weighted by atomic mass is 19.1. The Bertz CT molecular complexity index is 640. The zero-order valence-electron chi connectivity index (χ0n) is 11.6. The Balaban J connectivity index is 2.29. The van der Waals surface area contributed by atoms with Gasteiger partial charge in [-0.2, -0.15) is 0 Å². The summed E-state index contributed by atoms with van der Waals surface area (Å²) in [6.07, 6.45) is 0. The molecule has 0 unspecified atom stereocenters. The maximum absolute atomic E-state index is 13.2. The zero-order chi connectivity index (χ0) is 14.7. The first-order valence-electron chi connectivity index (χ1n) is 6.36. The quantitative estimate of drug-likeness (QED) is 0.934. The van der Waals surface area contributed by atoms with E-state index in [0.29, 0.717) is 17.7 Å². The van der Waals surface area contributed by atoms with E-state index in [1.54, 1.807) is 20.0 Å². The van der Waals surface area contributed by atoms with Crippen molar-refractivity contribution in [1.29, 1.82) is 0 Å². The van der Waals surface area contributed by atoms with E-state index in [1.807, 2.05) is 24.3 Å². The number of anilines is 1. The van der Waals surface area contributed by atoms with Gasteiger partial charge in [0, 0.05) is 24.8 Å². The number of halogens is 1. The maximum Gasteiger partial charge on any atom is 0.258 e. The van der Waals surface area contributed by atoms with Crippen LogP contribution in [0.2, 0.25) is 0 Å². The molecule has 2 rings (SSSR count). The van der Waals surface area contributed by atoms with Gasteiger partial charge in [-0.1, -0.05) is 12.1 Å². The van der Waals surface area contributed by atoms with E-state index in [4.69, 9.17) is 5.73 Å². The molecule has 0 atom stereocenters. The average molecular weight is 272 g/mol. The molecule has 0 bridgehead atoms. The van der Waals surface area contributed by atoms with E-state index in [-0.39, 0.29) is 11.7 Å². The maximum atomic E-state index is 13.2. The van der Waals surface area contributed by atoms with Crippen LogP contribution in [0.25, 0.3) is 0 Å². The molecule has 2 aromatic carbocycles. The Labute approximate surface area is 117 Å². The normalized spacial score (nSPS) is 10.4. The summed E-state index contributed by atoms with van der Waals surface area (Å²) in [5, 5.41) is 0. The van der Waals surface area contributed by atoms with Crippen LogP contribution in [0.5, 0.6) is 0 Å². The standard InChI is InChI=1S/C16H17FN2O/c1-11-8-13(6-7-15(11)17)16(20)19(2)14-5-3-4-12(9-14)10-18/h3-9H,10,18H2,1-2H3. The van der Waals surface area contributed by atoms with Gasteiger partial charge in [-0.25, -0.2) is 4.39 Å². The molecule has 20 heavy (non-hydrogen) atoms. The predicted octanol–water partition coefficient (Wildman–Crippen LogP) is 2.87. The van der Waals surface area contributed by atoms with Crippen molar-refractivity contribution in [2.24, 2.45) is 5.73 Å². The van der Waals surface area contributed by atoms with Crippen molar-refractivity contribution in [2.75, 3.05) is 11.9 Å². The van der Waals surface area contributed by atoms with E-state index in [1.165, 1.54) is 17.0 Å². The first-order chi connectivity index (χ1) is 9.52. The van der Waals surface area contributed by atoms with E-state index >= 15 is 0 Å². The summed E-state index contributed by atoms with van der Waals surface area (Å²) < 4.78 is 13.2. The second kappa shape index (κ2) is 5.84. The monoisotopic (exact) mass is 272 g/mol. The number of nitrogens with zero attached hydrogens (tertiary/aromatic N) is 1. The molecule has 0 radical (unpaired) electrons. The van der Waals surface area contributed by atoms with Crippen molar-refractivity contribution in [1.82, 2.24) is 0 Å². The number of benzene rings is 2. The second-order valence-corrected chi connectivity index (χ2v) is 4.70. The van der Waals surface area contributed by atoms with Gasteiger partial charge in [0.25, 0.3) is 5.91 Å². The van der Waals surface area contributed by atoms with Crippen LogP contribution in [-0.4, -0.2) is 13.0 Å². The van der Waals surface area contributed by atoms with Crippen molar-refractivity contribution in [3.8, 4) is 0 Å². The number of carbonyl (C=O) groups is 1. The minimum atomic E-state index is -0.311. The van der Waals surface area contributed by atoms with Crippen LogP contribution < -0.4 is 10.6 Å². The van der Waals surface area contributed by atoms with Gasteiger partial charge < -0.3 is 10.6 Å². The SMILES string of the molecule is Cc1cc(C(=O)N(C)c2cccc(CN)c2)ccc1F. The van der Waals surface area contributed by atoms with E-state index in [2.05, 4.69) is 0 Å². The topological polar surface area (TPSA) is 46.3 Å². The summed E-state index contributed by atoms with van der Waals surface area (Å²) in [4.78, 5) is 13.9. The van der Waals surface area contributed by atoms with E-state index in [0.717, 1.165) is 11.3 Å². The van der Waals surface area contributed by atoms with Crippen LogP contribution >= 0.6 is 0 Å². The molecule has 104 valence electrons. The highest BCUT2D eigenvalue weighted by Gasteiger charge is 2.14. The first-order valence-corrected chi connectivity index (χ1v) is 6.36. The lowest BCUT2D eigenvalue weighted by atomic mass is 10.1. The Hall–Kier alpha value is -2.20. The smallest absolute Gasteiger partial charge is 0.258 e. The molecule has 4 heteroatoms. The van der Waals surface area contributed by atoms with Crippen molar-refractivity contribution in [3.05, 3.63) is 65.0 Å². The first kappa shape index (κ1) is 14.2. The van der Waals surface area contributed by atoms with Gasteiger partial charge in [0.2, 0.25) is 0 Å². The third-order valence-electron chi connectivity index (χ3n) is 3.24. The molecule has 0 aliphatic rings. The average Bonchev–Trinajstić information content (AvgIpc) is 2.48. The molecule has 0 saturated carbocycles. The van der Waals surface area contributed by atoms with Crippen molar-refractivity contribution in [2.45, 2.75) is 13.5 Å². The van der Waals surface area contributed by atoms with Crippen LogP contribution in [0.4, 0.5) is 10.1 Å². The number of carbonyl (C=O) groups excluding carboxylic acids is 1. The summed E-state index contributed by atoms with van der Waals surface area (Å²) in [6, 6.07) is 11.8. The second-order valence-electron chi connectivity index (χ2n) is 4.70. The molecule has 2 N–H and O–H groups in total. The van der Waals surface area contributed by atoms with Gasteiger partial charge >= 0.3 is 0 Å². The lowest BCUT2D eigenvalue weighted by molar-refractivity contribution is 0.0993. The van der Waals surface area contributed by atoms with E-state index in [9.17, 15) is 9.18 Å². The molecule has 1 amide bonds. The van der Waals surface area contributed by atoms with Gasteiger partial charge in [0.15, 0.2) is 0 Å². The fourth-order valence-corrected chi connectivity index (χ4v) is 1.98. The minimum absolute atomic E-state index is 0.178. The summed E-state index contributed by atoms with van der Waals surface area (Å²) in [6.45, 7) is 2.06. The molecule has 0 aromatic heterocycles. The van der Waals surface area contributed by atoms with Crippen LogP contribution in [0.15, 0.2) is 42.5 Å². The van der Waals surface area contributed by atoms with Gasteiger partial charge in [-0.3, -0.25) is 4.79 Å². The zero-order valence-corrected chi connectivity index (χ0v) is 11.6. The van der Waals surface area contributed by atoms with Crippen LogP contribution in [0.1, 0.15) is 21.5 Å². The molecule has 0 spiro atoms. The Morgan fingerprint density at radius 3 is 2.65 bits per heavy atom. The van der Waals surface area contributed by atoms with E-state index < -0.39 is 0 Å². The number of hydrogen-bond donors (Lipinski definition) is 1. The number of rotatable bonds is 3. The Morgan fingerprint density at radius 2 is 2.00 bits per heavy atom. The van der Waals surface area contributed by atoms with Gasteiger partial charge in [0.1, 0.15) is 5.82 Å². The third-order valence-corrected chi connectivity index (χ3v) is 3.24. The number of nitrogens with two attached hydrogens (primary N) is 1. The van der Waals surface area contributed by atoms with Gasteiger partial charge in [-0.05, 0) is 48.4 Å². The van der Waals surface area contributed by atoms with Crippen molar-refractivity contribution in [3.63, 3.8) is 0 Å². The predicted molar refractivity (Wildman–Crippen MR) is 78.2 cm³/mol. The van der Waals surface area contributed by atoms with Crippen molar-refractivity contribution < 1.29 is 9.18 Å². The highest BCUT2D eigenvalue weighted by molar-refractivity contribution is 6.05. The summed E-state index contributed by atoms with van der Waals surface area (Å²) in [5.74, 6) is -0.489. The molecule has 0 fully saturated rings. The molecule has 0 saturated heterocycles. The largest absolute Gasteiger partial charge is 0.326 e. The number of amides is 1. The lowest BCUT2D eigenvalue weighted by Crippen LogP contribution is -2.26. The molecule has 0 heterocycles. The molecule has 0 aliphatic carbocycles. The highest BCUT2D eigenvalue weighted by Crippen LogP contribution is 2.18. The van der Waals surface area contributed by atoms with Crippen molar-refractivity contribution >= 4 is 11.6 Å². The molecule has 3 nitrogen and oxygen atoms in total. The fraction of sp³-hybridized carbons (Fsp3) is 0.188. The van der Waals surface area contributed by atoms with Crippen LogP contribution in [-0.2, 0) is 6.54 Å². The number of hydrogen-bond acceptors (Lipinski definition) is 2. The summed E-state index contributed by atoms with van der Waals surface area (Å²) in [5.41, 5.74) is 8.24. The third kappa shape index (κ3) is 2.86. The summed E-state index contributed by atoms with van der Waals surface area (Å²) >= 11 is 0. The molecular formula is C16H17FN2O. The lowest BCUT2D eigenvalue weighted by Gasteiger charge is -2.18. The Morgan fingerprint density at radius 1 is 1.25 bits per heavy atom. The molecule has 2 aromatic rings. The summed E-state index contributed by atoms with van der Waals surface area (Å²) in [7, 11) is 1.69. The number of aryl methyl sites for hydroxylation is 1. The Kier molecular flexibility index (Phi) is 4.15. The fourth-order valence-electron chi connectivity index (χ4n) is 1.98. The van der Waals surface area contributed by atoms with Gasteiger partial charge in [0.05, 0.1) is 0 Å². The molecule has 0 aliphatic heterocycles. The van der Waals surface area contributed by atoms with Crippen LogP contribution in [0.3, 0.4) is 0 Å². The minimum Gasteiger partial charge on any atom is -0.326 e. The van der Waals surface area contributed by atoms with Gasteiger partial charge in [-0.15, -0.1) is 0 Å². The molecular weight excluding hydrogens is 255 g/mol. The van der Waals surface area contributed by atoms with Crippen LogP contribution in [0, 0.1) is 12.7 Å².